The highest BCUT2D eigenvalue weighted by atomic mass is 32.2. The van der Waals surface area contributed by atoms with E-state index in [0.29, 0.717) is 16.1 Å². The number of fused-ring (bicyclic) bond motifs is 1. The number of rotatable bonds is 7. The van der Waals surface area contributed by atoms with Crippen LogP contribution in [0.5, 0.6) is 0 Å². The molecule has 2 aromatic carbocycles. The summed E-state index contributed by atoms with van der Waals surface area (Å²) in [5.41, 5.74) is 1.59. The molecule has 1 heterocycles. The quantitative estimate of drug-likeness (QED) is 0.407. The molecule has 158 valence electrons. The molecule has 3 aromatic rings. The smallest absolute Gasteiger partial charge is 0.262 e. The average Bonchev–Trinajstić information content (AvgIpc) is 2.72. The number of benzene rings is 2. The molecule has 0 radical (unpaired) electrons. The predicted octanol–water partition coefficient (Wildman–Crippen LogP) is 4.74. The van der Waals surface area contributed by atoms with Gasteiger partial charge in [-0.25, -0.2) is 4.98 Å². The minimum absolute atomic E-state index is 0.0475. The van der Waals surface area contributed by atoms with Gasteiger partial charge in [0, 0.05) is 12.1 Å². The molecule has 1 amide bonds. The third-order valence-electron chi connectivity index (χ3n) is 5.17. The lowest BCUT2D eigenvalue weighted by Gasteiger charge is -2.30. The van der Waals surface area contributed by atoms with Crippen LogP contribution in [0, 0.1) is 0 Å². The van der Waals surface area contributed by atoms with Crippen molar-refractivity contribution in [2.75, 3.05) is 5.75 Å². The van der Waals surface area contributed by atoms with Gasteiger partial charge in [0.2, 0.25) is 5.91 Å². The number of para-hydroxylation sites is 1. The van der Waals surface area contributed by atoms with E-state index in [0.717, 1.165) is 5.56 Å². The third kappa shape index (κ3) is 4.59. The maximum absolute atomic E-state index is 13.4. The molecule has 0 N–H and O–H groups in total. The molecule has 6 heteroatoms. The monoisotopic (exact) mass is 423 g/mol. The Morgan fingerprint density at radius 1 is 0.967 bits per heavy atom. The second-order valence-corrected chi connectivity index (χ2v) is 8.89. The lowest BCUT2D eigenvalue weighted by molar-refractivity contribution is -0.131. The van der Waals surface area contributed by atoms with E-state index in [2.05, 4.69) is 0 Å². The Hall–Kier alpha value is -2.60. The van der Waals surface area contributed by atoms with Crippen LogP contribution in [0.4, 0.5) is 0 Å². The van der Waals surface area contributed by atoms with Gasteiger partial charge in [0.05, 0.1) is 22.7 Å². The molecule has 0 aliphatic heterocycles. The van der Waals surface area contributed by atoms with Crippen molar-refractivity contribution in [3.05, 3.63) is 70.5 Å². The fraction of sp³-hybridized carbons (Fsp3) is 0.375. The highest BCUT2D eigenvalue weighted by molar-refractivity contribution is 7.99. The number of carbonyl (C=O) groups excluding carboxylic acids is 1. The van der Waals surface area contributed by atoms with Gasteiger partial charge < -0.3 is 4.90 Å². The number of nitrogens with zero attached hydrogens (tertiary/aromatic N) is 3. The van der Waals surface area contributed by atoms with Crippen LogP contribution in [0.1, 0.15) is 46.2 Å². The molecular weight excluding hydrogens is 394 g/mol. The summed E-state index contributed by atoms with van der Waals surface area (Å²) in [6.45, 7) is 10.1. The van der Waals surface area contributed by atoms with Crippen LogP contribution in [0.2, 0.25) is 0 Å². The molecule has 0 spiro atoms. The Kier molecular flexibility index (Phi) is 6.98. The summed E-state index contributed by atoms with van der Waals surface area (Å²) >= 11 is 1.33. The Morgan fingerprint density at radius 3 is 2.20 bits per heavy atom. The van der Waals surface area contributed by atoms with E-state index in [-0.39, 0.29) is 35.3 Å². The first-order chi connectivity index (χ1) is 14.3. The maximum atomic E-state index is 13.4. The molecule has 0 saturated carbocycles. The molecule has 5 nitrogen and oxygen atoms in total. The van der Waals surface area contributed by atoms with Crippen molar-refractivity contribution in [2.45, 2.75) is 57.9 Å². The Balaban J connectivity index is 2.02. The molecule has 0 fully saturated rings. The van der Waals surface area contributed by atoms with Crippen molar-refractivity contribution < 1.29 is 4.79 Å². The van der Waals surface area contributed by atoms with Crippen LogP contribution in [0.3, 0.4) is 0 Å². The second kappa shape index (κ2) is 9.47. The van der Waals surface area contributed by atoms with E-state index < -0.39 is 0 Å². The zero-order valence-electron chi connectivity index (χ0n) is 18.2. The average molecular weight is 424 g/mol. The van der Waals surface area contributed by atoms with Gasteiger partial charge in [-0.1, -0.05) is 54.2 Å². The first kappa shape index (κ1) is 22.1. The molecular formula is C24H29N3O2S. The minimum Gasteiger partial charge on any atom is -0.337 e. The van der Waals surface area contributed by atoms with E-state index in [1.54, 1.807) is 10.6 Å². The van der Waals surface area contributed by atoms with Gasteiger partial charge in [-0.3, -0.25) is 14.2 Å². The highest BCUT2D eigenvalue weighted by Crippen LogP contribution is 2.25. The Morgan fingerprint density at radius 2 is 1.57 bits per heavy atom. The fourth-order valence-corrected chi connectivity index (χ4v) is 4.77. The summed E-state index contributed by atoms with van der Waals surface area (Å²) in [5, 5.41) is 1.15. The summed E-state index contributed by atoms with van der Waals surface area (Å²) in [4.78, 5) is 32.9. The largest absolute Gasteiger partial charge is 0.337 e. The van der Waals surface area contributed by atoms with Crippen LogP contribution in [-0.4, -0.2) is 38.2 Å². The summed E-state index contributed by atoms with van der Waals surface area (Å²) in [5.74, 6) is 0.286. The van der Waals surface area contributed by atoms with Gasteiger partial charge in [0.25, 0.3) is 5.56 Å². The predicted molar refractivity (Wildman–Crippen MR) is 124 cm³/mol. The van der Waals surface area contributed by atoms with Gasteiger partial charge >= 0.3 is 0 Å². The van der Waals surface area contributed by atoms with Crippen LogP contribution >= 0.6 is 11.8 Å². The lowest BCUT2D eigenvalue weighted by atomic mass is 10.1. The van der Waals surface area contributed by atoms with Crippen molar-refractivity contribution in [1.29, 1.82) is 0 Å². The first-order valence-electron chi connectivity index (χ1n) is 10.3. The van der Waals surface area contributed by atoms with Gasteiger partial charge in [0.1, 0.15) is 0 Å². The van der Waals surface area contributed by atoms with Crippen LogP contribution in [0.25, 0.3) is 10.9 Å². The standard InChI is InChI=1S/C24H29N3O2S/c1-16(2)26(17(3)4)22(28)15-30-24-25-21-14-10-9-13-20(21)23(29)27(24)18(5)19-11-7-6-8-12-19/h6-14,16-18H,15H2,1-5H3/t18-/m1/s1. The topological polar surface area (TPSA) is 55.2 Å². The van der Waals surface area contributed by atoms with E-state index in [1.807, 2.05) is 88.0 Å². The maximum Gasteiger partial charge on any atom is 0.262 e. The molecule has 30 heavy (non-hydrogen) atoms. The summed E-state index contributed by atoms with van der Waals surface area (Å²) in [6, 6.07) is 17.3. The highest BCUT2D eigenvalue weighted by Gasteiger charge is 2.23. The van der Waals surface area contributed by atoms with Crippen molar-refractivity contribution in [2.24, 2.45) is 0 Å². The fourth-order valence-electron chi connectivity index (χ4n) is 3.82. The van der Waals surface area contributed by atoms with E-state index in [9.17, 15) is 9.59 Å². The van der Waals surface area contributed by atoms with Gasteiger partial charge in [-0.05, 0) is 52.3 Å². The molecule has 3 rings (SSSR count). The molecule has 1 aromatic heterocycles. The van der Waals surface area contributed by atoms with E-state index >= 15 is 0 Å². The number of carbonyl (C=O) groups is 1. The summed E-state index contributed by atoms with van der Waals surface area (Å²) in [7, 11) is 0. The molecule has 0 saturated heterocycles. The second-order valence-electron chi connectivity index (χ2n) is 7.95. The van der Waals surface area contributed by atoms with Crippen LogP contribution < -0.4 is 5.56 Å². The first-order valence-corrected chi connectivity index (χ1v) is 11.3. The van der Waals surface area contributed by atoms with Crippen molar-refractivity contribution in [3.63, 3.8) is 0 Å². The van der Waals surface area contributed by atoms with Crippen molar-refractivity contribution in [3.8, 4) is 0 Å². The lowest BCUT2D eigenvalue weighted by Crippen LogP contribution is -2.43. The molecule has 0 aliphatic carbocycles. The minimum atomic E-state index is -0.195. The third-order valence-corrected chi connectivity index (χ3v) is 6.11. The van der Waals surface area contributed by atoms with Gasteiger partial charge in [-0.15, -0.1) is 0 Å². The van der Waals surface area contributed by atoms with E-state index in [4.69, 9.17) is 4.98 Å². The summed E-state index contributed by atoms with van der Waals surface area (Å²) in [6.07, 6.45) is 0. The van der Waals surface area contributed by atoms with Crippen molar-refractivity contribution in [1.82, 2.24) is 14.5 Å². The normalized spacial score (nSPS) is 12.5. The molecule has 0 aliphatic rings. The van der Waals surface area contributed by atoms with Gasteiger partial charge in [0.15, 0.2) is 5.16 Å². The molecule has 0 bridgehead atoms. The SMILES string of the molecule is CC(C)N(C(=O)CSc1nc2ccccc2c(=O)n1[C@H](C)c1ccccc1)C(C)C. The number of amides is 1. The van der Waals surface area contributed by atoms with E-state index in [1.165, 1.54) is 11.8 Å². The summed E-state index contributed by atoms with van der Waals surface area (Å²) < 4.78 is 1.71. The molecule has 1 atom stereocenters. The number of aromatic nitrogens is 2. The zero-order valence-corrected chi connectivity index (χ0v) is 19.0. The molecule has 0 unspecified atom stereocenters. The number of hydrogen-bond acceptors (Lipinski definition) is 4. The van der Waals surface area contributed by atoms with Crippen LogP contribution in [0.15, 0.2) is 64.5 Å². The van der Waals surface area contributed by atoms with Crippen LogP contribution in [-0.2, 0) is 4.79 Å². The Bertz CT molecular complexity index is 1070. The zero-order chi connectivity index (χ0) is 21.8. The number of thioether (sulfide) groups is 1. The Labute approximate surface area is 182 Å². The number of hydrogen-bond donors (Lipinski definition) is 0. The van der Waals surface area contributed by atoms with Gasteiger partial charge in [-0.2, -0.15) is 0 Å². The van der Waals surface area contributed by atoms with Crippen molar-refractivity contribution >= 4 is 28.6 Å².